The molecule has 1 aromatic rings. The minimum absolute atomic E-state index is 0.343. The number of nitriles is 1. The molecule has 0 radical (unpaired) electrons. The van der Waals surface area contributed by atoms with Crippen LogP contribution in [0, 0.1) is 11.3 Å². The Morgan fingerprint density at radius 2 is 2.36 bits per heavy atom. The molecule has 0 aliphatic carbocycles. The van der Waals surface area contributed by atoms with Crippen molar-refractivity contribution in [1.82, 2.24) is 4.98 Å². The Kier molecular flexibility index (Phi) is 2.58. The van der Waals surface area contributed by atoms with Crippen LogP contribution in [-0.2, 0) is 6.54 Å². The van der Waals surface area contributed by atoms with Crippen molar-refractivity contribution in [3.63, 3.8) is 0 Å². The normalized spacial score (nSPS) is 9.18. The van der Waals surface area contributed by atoms with E-state index in [-0.39, 0.29) is 0 Å². The van der Waals surface area contributed by atoms with Crippen molar-refractivity contribution < 1.29 is 0 Å². The third-order valence-corrected chi connectivity index (χ3v) is 1.91. The van der Waals surface area contributed by atoms with Crippen molar-refractivity contribution in [2.24, 2.45) is 5.73 Å². The molecule has 3 nitrogen and oxygen atoms in total. The predicted octanol–water partition coefficient (Wildman–Crippen LogP) is 1.17. The van der Waals surface area contributed by atoms with E-state index in [4.69, 9.17) is 11.0 Å². The summed E-state index contributed by atoms with van der Waals surface area (Å²) in [4.78, 5) is 3.89. The molecule has 1 rings (SSSR count). The van der Waals surface area contributed by atoms with E-state index < -0.39 is 0 Å². The molecule has 0 amide bonds. The zero-order valence-corrected chi connectivity index (χ0v) is 7.30. The van der Waals surface area contributed by atoms with E-state index in [1.165, 1.54) is 0 Å². The Hall–Kier alpha value is -0.920. The highest BCUT2D eigenvalue weighted by molar-refractivity contribution is 9.10. The van der Waals surface area contributed by atoms with Crippen LogP contribution in [0.25, 0.3) is 0 Å². The number of halogens is 1. The lowest BCUT2D eigenvalue weighted by atomic mass is 10.1. The SMILES string of the molecule is N#Cc1c(Br)cncc1CN. The van der Waals surface area contributed by atoms with Crippen LogP contribution in [0.1, 0.15) is 11.1 Å². The van der Waals surface area contributed by atoms with Crippen LogP contribution >= 0.6 is 15.9 Å². The summed E-state index contributed by atoms with van der Waals surface area (Å²) in [5.74, 6) is 0. The summed E-state index contributed by atoms with van der Waals surface area (Å²) in [7, 11) is 0. The van der Waals surface area contributed by atoms with Gasteiger partial charge in [-0.2, -0.15) is 5.26 Å². The summed E-state index contributed by atoms with van der Waals surface area (Å²) in [6.45, 7) is 0.343. The zero-order valence-electron chi connectivity index (χ0n) is 5.71. The molecule has 0 aromatic carbocycles. The lowest BCUT2D eigenvalue weighted by Crippen LogP contribution is -2.00. The van der Waals surface area contributed by atoms with Gasteiger partial charge in [-0.3, -0.25) is 4.98 Å². The quantitative estimate of drug-likeness (QED) is 0.759. The second-order valence-electron chi connectivity index (χ2n) is 1.97. The van der Waals surface area contributed by atoms with Gasteiger partial charge in [0, 0.05) is 24.5 Å². The molecule has 0 unspecified atom stereocenters. The molecule has 0 spiro atoms. The second-order valence-corrected chi connectivity index (χ2v) is 2.83. The molecule has 0 saturated carbocycles. The van der Waals surface area contributed by atoms with Crippen molar-refractivity contribution in [3.05, 3.63) is 28.0 Å². The molecule has 0 fully saturated rings. The fourth-order valence-corrected chi connectivity index (χ4v) is 1.22. The summed E-state index contributed by atoms with van der Waals surface area (Å²) in [5, 5.41) is 8.67. The number of pyridine rings is 1. The highest BCUT2D eigenvalue weighted by atomic mass is 79.9. The fourth-order valence-electron chi connectivity index (χ4n) is 0.755. The number of nitrogens with two attached hydrogens (primary N) is 1. The Morgan fingerprint density at radius 3 is 2.82 bits per heavy atom. The standard InChI is InChI=1S/C7H6BrN3/c8-7-4-11-3-5(1-9)6(7)2-10/h3-4H,1,9H2. The highest BCUT2D eigenvalue weighted by Gasteiger charge is 2.03. The number of rotatable bonds is 1. The molecule has 56 valence electrons. The maximum absolute atomic E-state index is 8.67. The average Bonchev–Trinajstić information content (AvgIpc) is 2.04. The summed E-state index contributed by atoms with van der Waals surface area (Å²) >= 11 is 3.21. The van der Waals surface area contributed by atoms with E-state index >= 15 is 0 Å². The van der Waals surface area contributed by atoms with Crippen LogP contribution in [0.4, 0.5) is 0 Å². The van der Waals surface area contributed by atoms with E-state index in [2.05, 4.69) is 20.9 Å². The molecule has 1 heterocycles. The molecular formula is C7H6BrN3. The van der Waals surface area contributed by atoms with Gasteiger partial charge in [-0.25, -0.2) is 0 Å². The van der Waals surface area contributed by atoms with Gasteiger partial charge in [0.15, 0.2) is 0 Å². The van der Waals surface area contributed by atoms with Gasteiger partial charge in [0.25, 0.3) is 0 Å². The van der Waals surface area contributed by atoms with E-state index in [1.807, 2.05) is 6.07 Å². The minimum Gasteiger partial charge on any atom is -0.326 e. The molecule has 0 bridgehead atoms. The first-order chi connectivity index (χ1) is 5.29. The van der Waals surface area contributed by atoms with E-state index in [1.54, 1.807) is 12.4 Å². The summed E-state index contributed by atoms with van der Waals surface area (Å²) in [6.07, 6.45) is 3.18. The van der Waals surface area contributed by atoms with Crippen LogP contribution in [0.2, 0.25) is 0 Å². The molecule has 2 N–H and O–H groups in total. The smallest absolute Gasteiger partial charge is 0.101 e. The second kappa shape index (κ2) is 3.46. The number of hydrogen-bond acceptors (Lipinski definition) is 3. The zero-order chi connectivity index (χ0) is 8.27. The maximum atomic E-state index is 8.67. The molecule has 0 saturated heterocycles. The van der Waals surface area contributed by atoms with Gasteiger partial charge in [-0.1, -0.05) is 0 Å². The molecule has 11 heavy (non-hydrogen) atoms. The molecule has 1 aromatic heterocycles. The minimum atomic E-state index is 0.343. The lowest BCUT2D eigenvalue weighted by Gasteiger charge is -1.99. The largest absolute Gasteiger partial charge is 0.326 e. The summed E-state index contributed by atoms with van der Waals surface area (Å²) < 4.78 is 0.697. The molecule has 0 aliphatic rings. The van der Waals surface area contributed by atoms with Crippen LogP contribution < -0.4 is 5.73 Å². The van der Waals surface area contributed by atoms with Crippen molar-refractivity contribution >= 4 is 15.9 Å². The van der Waals surface area contributed by atoms with E-state index in [0.717, 1.165) is 5.56 Å². The fraction of sp³-hybridized carbons (Fsp3) is 0.143. The van der Waals surface area contributed by atoms with Gasteiger partial charge in [0.1, 0.15) is 6.07 Å². The van der Waals surface area contributed by atoms with Gasteiger partial charge in [0.2, 0.25) is 0 Å². The Bertz CT molecular complexity index is 303. The van der Waals surface area contributed by atoms with Crippen LogP contribution in [0.15, 0.2) is 16.9 Å². The summed E-state index contributed by atoms with van der Waals surface area (Å²) in [6, 6.07) is 2.05. The average molecular weight is 212 g/mol. The highest BCUT2D eigenvalue weighted by Crippen LogP contribution is 2.17. The van der Waals surface area contributed by atoms with Crippen molar-refractivity contribution in [2.75, 3.05) is 0 Å². The van der Waals surface area contributed by atoms with E-state index in [9.17, 15) is 0 Å². The van der Waals surface area contributed by atoms with Crippen LogP contribution in [0.3, 0.4) is 0 Å². The number of hydrogen-bond donors (Lipinski definition) is 1. The third kappa shape index (κ3) is 1.56. The first-order valence-electron chi connectivity index (χ1n) is 3.02. The summed E-state index contributed by atoms with van der Waals surface area (Å²) in [5.41, 5.74) is 6.72. The van der Waals surface area contributed by atoms with Crippen molar-refractivity contribution in [1.29, 1.82) is 5.26 Å². The van der Waals surface area contributed by atoms with Gasteiger partial charge in [0.05, 0.1) is 10.0 Å². The van der Waals surface area contributed by atoms with Gasteiger partial charge >= 0.3 is 0 Å². The van der Waals surface area contributed by atoms with Gasteiger partial charge in [-0.05, 0) is 15.9 Å². The maximum Gasteiger partial charge on any atom is 0.101 e. The molecular weight excluding hydrogens is 206 g/mol. The topological polar surface area (TPSA) is 62.7 Å². The number of nitrogens with zero attached hydrogens (tertiary/aromatic N) is 2. The first kappa shape index (κ1) is 8.18. The Balaban J connectivity index is 3.27. The van der Waals surface area contributed by atoms with Crippen LogP contribution in [0.5, 0.6) is 0 Å². The predicted molar refractivity (Wildman–Crippen MR) is 44.5 cm³/mol. The van der Waals surface area contributed by atoms with Gasteiger partial charge in [-0.15, -0.1) is 0 Å². The Labute approximate surface area is 73.0 Å². The van der Waals surface area contributed by atoms with Crippen molar-refractivity contribution in [3.8, 4) is 6.07 Å². The number of aromatic nitrogens is 1. The monoisotopic (exact) mass is 211 g/mol. The third-order valence-electron chi connectivity index (χ3n) is 1.31. The molecule has 4 heteroatoms. The van der Waals surface area contributed by atoms with Crippen molar-refractivity contribution in [2.45, 2.75) is 6.54 Å². The van der Waals surface area contributed by atoms with Gasteiger partial charge < -0.3 is 5.73 Å². The first-order valence-corrected chi connectivity index (χ1v) is 3.81. The van der Waals surface area contributed by atoms with Crippen LogP contribution in [-0.4, -0.2) is 4.98 Å². The Morgan fingerprint density at radius 1 is 1.64 bits per heavy atom. The van der Waals surface area contributed by atoms with E-state index in [0.29, 0.717) is 16.6 Å². The molecule has 0 aliphatic heterocycles. The molecule has 0 atom stereocenters. The lowest BCUT2D eigenvalue weighted by molar-refractivity contribution is 1.03.